The van der Waals surface area contributed by atoms with Crippen LogP contribution in [0.4, 0.5) is 0 Å². The van der Waals surface area contributed by atoms with Crippen molar-refractivity contribution >= 4 is 21.2 Å². The van der Waals surface area contributed by atoms with Crippen molar-refractivity contribution in [3.63, 3.8) is 0 Å². The molecular formula is C22H32N6O3S. The van der Waals surface area contributed by atoms with E-state index in [9.17, 15) is 13.7 Å². The molecule has 3 heterocycles. The first kappa shape index (κ1) is 23.1. The second-order valence-electron chi connectivity index (χ2n) is 8.90. The molecule has 1 saturated heterocycles. The van der Waals surface area contributed by atoms with Gasteiger partial charge in [0.15, 0.2) is 0 Å². The maximum atomic E-state index is 13.7. The fourth-order valence-corrected chi connectivity index (χ4v) is 7.04. The van der Waals surface area contributed by atoms with Crippen LogP contribution in [0.3, 0.4) is 0 Å². The Hall–Kier alpha value is -2.06. The van der Waals surface area contributed by atoms with E-state index in [0.29, 0.717) is 19.8 Å². The van der Waals surface area contributed by atoms with Crippen LogP contribution < -0.4 is 0 Å². The standard InChI is InChI=1S/C22H32N6O3S/c1-3-12-27(32(29,30)28(17(2)13-23)18-14-31-15-18)22(9-10-22)8-5-4-6-20-19-7-11-24-21(19)26-16-25-20/h7,11,16-18H,3-6,8-10,12,14-15H2,1-2H3,(H,24,25,26). The molecule has 1 aliphatic carbocycles. The molecule has 1 N–H and O–H groups in total. The Bertz CT molecular complexity index is 1070. The lowest BCUT2D eigenvalue weighted by Gasteiger charge is -2.42. The number of rotatable bonds is 12. The van der Waals surface area contributed by atoms with Crippen molar-refractivity contribution in [2.24, 2.45) is 0 Å². The van der Waals surface area contributed by atoms with Crippen LogP contribution in [0.5, 0.6) is 0 Å². The van der Waals surface area contributed by atoms with Crippen LogP contribution in [0, 0.1) is 11.3 Å². The van der Waals surface area contributed by atoms with Crippen molar-refractivity contribution in [1.29, 1.82) is 5.26 Å². The molecule has 2 aromatic heterocycles. The summed E-state index contributed by atoms with van der Waals surface area (Å²) in [6.45, 7) is 4.83. The molecule has 0 bridgehead atoms. The molecule has 4 rings (SSSR count). The van der Waals surface area contributed by atoms with E-state index in [1.807, 2.05) is 19.2 Å². The number of fused-ring (bicyclic) bond motifs is 1. The Morgan fingerprint density at radius 2 is 2.12 bits per heavy atom. The van der Waals surface area contributed by atoms with E-state index in [1.165, 1.54) is 4.31 Å². The molecule has 2 aromatic rings. The molecule has 1 saturated carbocycles. The van der Waals surface area contributed by atoms with Crippen molar-refractivity contribution in [2.75, 3.05) is 19.8 Å². The number of unbranched alkanes of at least 4 members (excludes halogenated alkanes) is 1. The number of aromatic nitrogens is 3. The number of aryl methyl sites for hydroxylation is 1. The van der Waals surface area contributed by atoms with E-state index in [4.69, 9.17) is 4.74 Å². The van der Waals surface area contributed by atoms with E-state index < -0.39 is 16.3 Å². The summed E-state index contributed by atoms with van der Waals surface area (Å²) in [7, 11) is -3.76. The Morgan fingerprint density at radius 1 is 1.34 bits per heavy atom. The highest BCUT2D eigenvalue weighted by atomic mass is 32.2. The number of hydrogen-bond acceptors (Lipinski definition) is 6. The van der Waals surface area contributed by atoms with Gasteiger partial charge in [-0.1, -0.05) is 13.3 Å². The first-order chi connectivity index (χ1) is 15.4. The molecule has 1 atom stereocenters. The maximum absolute atomic E-state index is 13.7. The molecular weight excluding hydrogens is 428 g/mol. The van der Waals surface area contributed by atoms with Gasteiger partial charge in [0.25, 0.3) is 10.2 Å². The van der Waals surface area contributed by atoms with Crippen molar-refractivity contribution < 1.29 is 13.2 Å². The number of nitriles is 1. The SMILES string of the molecule is CCCN(C1(CCCCc2ncnc3[nH]ccc23)CC1)S(=O)(=O)N(C(C)C#N)C1COC1. The largest absolute Gasteiger partial charge is 0.378 e. The summed E-state index contributed by atoms with van der Waals surface area (Å²) in [5.41, 5.74) is 1.54. The summed E-state index contributed by atoms with van der Waals surface area (Å²) in [5.74, 6) is 0. The van der Waals surface area contributed by atoms with Crippen molar-refractivity contribution in [2.45, 2.75) is 76.4 Å². The lowest BCUT2D eigenvalue weighted by molar-refractivity contribution is -0.0430. The molecule has 2 fully saturated rings. The fourth-order valence-electron chi connectivity index (χ4n) is 4.69. The number of nitrogens with zero attached hydrogens (tertiary/aromatic N) is 5. The van der Waals surface area contributed by atoms with Gasteiger partial charge in [0.05, 0.1) is 31.0 Å². The Labute approximate surface area is 190 Å². The first-order valence-electron chi connectivity index (χ1n) is 11.5. The van der Waals surface area contributed by atoms with Gasteiger partial charge in [-0.05, 0) is 51.5 Å². The van der Waals surface area contributed by atoms with Crippen molar-refractivity contribution in [1.82, 2.24) is 23.6 Å². The average molecular weight is 461 g/mol. The number of ether oxygens (including phenoxy) is 1. The van der Waals surface area contributed by atoms with Crippen LogP contribution in [0.1, 0.15) is 58.1 Å². The van der Waals surface area contributed by atoms with Crippen LogP contribution in [0.2, 0.25) is 0 Å². The average Bonchev–Trinajstić information content (AvgIpc) is 3.36. The number of aromatic amines is 1. The first-order valence-corrected chi connectivity index (χ1v) is 12.9. The number of H-pyrrole nitrogens is 1. The molecule has 2 aliphatic rings. The molecule has 0 radical (unpaired) electrons. The summed E-state index contributed by atoms with van der Waals surface area (Å²) >= 11 is 0. The van der Waals surface area contributed by atoms with E-state index in [-0.39, 0.29) is 11.6 Å². The van der Waals surface area contributed by atoms with Crippen molar-refractivity contribution in [3.8, 4) is 6.07 Å². The quantitative estimate of drug-likeness (QED) is 0.487. The number of hydrogen-bond donors (Lipinski definition) is 1. The van der Waals surface area contributed by atoms with Gasteiger partial charge >= 0.3 is 0 Å². The van der Waals surface area contributed by atoms with Gasteiger partial charge < -0.3 is 9.72 Å². The molecule has 0 spiro atoms. The molecule has 0 aromatic carbocycles. The van der Waals surface area contributed by atoms with Gasteiger partial charge in [-0.3, -0.25) is 0 Å². The summed E-state index contributed by atoms with van der Waals surface area (Å²) in [6, 6.07) is 3.14. The number of nitrogens with one attached hydrogen (secondary N) is 1. The van der Waals surface area contributed by atoms with Crippen LogP contribution in [0.25, 0.3) is 11.0 Å². The minimum absolute atomic E-state index is 0.258. The molecule has 9 nitrogen and oxygen atoms in total. The van der Waals surface area contributed by atoms with Crippen LogP contribution in [-0.4, -0.2) is 69.4 Å². The molecule has 10 heteroatoms. The van der Waals surface area contributed by atoms with Gasteiger partial charge in [-0.25, -0.2) is 9.97 Å². The normalized spacial score (nSPS) is 19.2. The maximum Gasteiger partial charge on any atom is 0.284 e. The zero-order chi connectivity index (χ0) is 22.8. The summed E-state index contributed by atoms with van der Waals surface area (Å²) < 4.78 is 35.8. The van der Waals surface area contributed by atoms with E-state index in [1.54, 1.807) is 17.6 Å². The highest BCUT2D eigenvalue weighted by Crippen LogP contribution is 2.48. The highest BCUT2D eigenvalue weighted by molar-refractivity contribution is 7.86. The van der Waals surface area contributed by atoms with Crippen LogP contribution in [0.15, 0.2) is 18.6 Å². The van der Waals surface area contributed by atoms with Gasteiger partial charge in [-0.15, -0.1) is 0 Å². The molecule has 1 aliphatic heterocycles. The highest BCUT2D eigenvalue weighted by Gasteiger charge is 2.55. The van der Waals surface area contributed by atoms with Gasteiger partial charge in [0.1, 0.15) is 18.0 Å². The minimum atomic E-state index is -3.76. The molecule has 32 heavy (non-hydrogen) atoms. The zero-order valence-corrected chi connectivity index (χ0v) is 19.6. The summed E-state index contributed by atoms with van der Waals surface area (Å²) in [6.07, 6.45) is 9.46. The van der Waals surface area contributed by atoms with Crippen LogP contribution in [-0.2, 0) is 21.4 Å². The Morgan fingerprint density at radius 3 is 2.75 bits per heavy atom. The van der Waals surface area contributed by atoms with Crippen LogP contribution >= 0.6 is 0 Å². The monoisotopic (exact) mass is 460 g/mol. The third kappa shape index (κ3) is 4.39. The summed E-state index contributed by atoms with van der Waals surface area (Å²) in [4.78, 5) is 11.8. The third-order valence-corrected chi connectivity index (χ3v) is 8.89. The Kier molecular flexibility index (Phi) is 6.81. The fraction of sp³-hybridized carbons (Fsp3) is 0.682. The second kappa shape index (κ2) is 9.43. The third-order valence-electron chi connectivity index (χ3n) is 6.62. The zero-order valence-electron chi connectivity index (χ0n) is 18.8. The van der Waals surface area contributed by atoms with E-state index in [2.05, 4.69) is 21.0 Å². The van der Waals surface area contributed by atoms with Gasteiger partial charge in [0, 0.05) is 23.7 Å². The molecule has 174 valence electrons. The van der Waals surface area contributed by atoms with E-state index in [0.717, 1.165) is 61.7 Å². The Balaban J connectivity index is 1.44. The molecule has 0 amide bonds. The smallest absolute Gasteiger partial charge is 0.284 e. The summed E-state index contributed by atoms with van der Waals surface area (Å²) in [5, 5.41) is 10.5. The van der Waals surface area contributed by atoms with E-state index >= 15 is 0 Å². The topological polar surface area (TPSA) is 115 Å². The minimum Gasteiger partial charge on any atom is -0.378 e. The lowest BCUT2D eigenvalue weighted by Crippen LogP contribution is -2.60. The lowest BCUT2D eigenvalue weighted by atomic mass is 10.0. The second-order valence-corrected chi connectivity index (χ2v) is 10.7. The van der Waals surface area contributed by atoms with Gasteiger partial charge in [-0.2, -0.15) is 22.3 Å². The predicted molar refractivity (Wildman–Crippen MR) is 121 cm³/mol. The molecule has 1 unspecified atom stereocenters. The van der Waals surface area contributed by atoms with Gasteiger partial charge in [0.2, 0.25) is 0 Å². The van der Waals surface area contributed by atoms with Crippen molar-refractivity contribution in [3.05, 3.63) is 24.3 Å². The predicted octanol–water partition coefficient (Wildman–Crippen LogP) is 2.77.